The Bertz CT molecular complexity index is 230. The maximum atomic E-state index is 10.1. The summed E-state index contributed by atoms with van der Waals surface area (Å²) in [7, 11) is 3.38. The van der Waals surface area contributed by atoms with E-state index in [1.807, 2.05) is 0 Å². The monoisotopic (exact) mass is 247 g/mol. The van der Waals surface area contributed by atoms with Crippen molar-refractivity contribution in [1.29, 1.82) is 0 Å². The Morgan fingerprint density at radius 2 is 2.38 bits per heavy atom. The molecule has 16 heavy (non-hydrogen) atoms. The second-order valence-electron chi connectivity index (χ2n) is 3.87. The number of hydrogen-bond donors (Lipinski definition) is 3. The number of rotatable bonds is 5. The van der Waals surface area contributed by atoms with Crippen molar-refractivity contribution in [2.45, 2.75) is 12.0 Å². The van der Waals surface area contributed by atoms with Crippen LogP contribution >= 0.6 is 11.8 Å². The van der Waals surface area contributed by atoms with Crippen LogP contribution < -0.4 is 10.6 Å². The van der Waals surface area contributed by atoms with Crippen LogP contribution in [0.5, 0.6) is 0 Å². The number of nitrogens with one attached hydrogen (secondary N) is 2. The summed E-state index contributed by atoms with van der Waals surface area (Å²) in [5, 5.41) is 16.4. The lowest BCUT2D eigenvalue weighted by Gasteiger charge is -2.23. The Hall–Kier alpha value is -0.460. The van der Waals surface area contributed by atoms with Gasteiger partial charge in [0.2, 0.25) is 0 Å². The molecule has 5 nitrogen and oxygen atoms in total. The van der Waals surface area contributed by atoms with Gasteiger partial charge in [0.25, 0.3) is 0 Å². The Kier molecular flexibility index (Phi) is 5.94. The maximum Gasteiger partial charge on any atom is 0.191 e. The van der Waals surface area contributed by atoms with Crippen molar-refractivity contribution in [3.63, 3.8) is 0 Å². The topological polar surface area (TPSA) is 65.9 Å². The van der Waals surface area contributed by atoms with Gasteiger partial charge in [-0.05, 0) is 12.2 Å². The first-order valence-electron chi connectivity index (χ1n) is 5.44. The zero-order valence-corrected chi connectivity index (χ0v) is 10.8. The molecule has 6 heteroatoms. The lowest BCUT2D eigenvalue weighted by molar-refractivity contribution is 0.0724. The molecule has 0 radical (unpaired) electrons. The number of aliphatic imine (C=N–C) groups is 1. The van der Waals surface area contributed by atoms with Crippen molar-refractivity contribution < 1.29 is 9.84 Å². The number of aliphatic hydroxyl groups is 1. The summed E-state index contributed by atoms with van der Waals surface area (Å²) in [6, 6.07) is 0. The summed E-state index contributed by atoms with van der Waals surface area (Å²) in [6.45, 7) is 1.90. The van der Waals surface area contributed by atoms with Crippen LogP contribution in [0, 0.1) is 0 Å². The van der Waals surface area contributed by atoms with Crippen LogP contribution in [0.1, 0.15) is 6.42 Å². The molecule has 94 valence electrons. The Balaban J connectivity index is 2.23. The fraction of sp³-hybridized carbons (Fsp3) is 0.900. The van der Waals surface area contributed by atoms with Gasteiger partial charge in [0.15, 0.2) is 5.96 Å². The van der Waals surface area contributed by atoms with Crippen molar-refractivity contribution in [3.8, 4) is 0 Å². The normalized spacial score (nSPS) is 25.8. The van der Waals surface area contributed by atoms with Crippen molar-refractivity contribution in [2.24, 2.45) is 4.99 Å². The van der Waals surface area contributed by atoms with Gasteiger partial charge in [-0.2, -0.15) is 11.8 Å². The summed E-state index contributed by atoms with van der Waals surface area (Å²) < 4.78 is 4.94. The lowest BCUT2D eigenvalue weighted by Crippen LogP contribution is -2.47. The molecule has 0 aromatic carbocycles. The van der Waals surface area contributed by atoms with E-state index in [4.69, 9.17) is 4.74 Å². The smallest absolute Gasteiger partial charge is 0.191 e. The molecule has 1 rings (SSSR count). The fourth-order valence-corrected chi connectivity index (χ4v) is 2.77. The predicted molar refractivity (Wildman–Crippen MR) is 68.1 cm³/mol. The van der Waals surface area contributed by atoms with E-state index >= 15 is 0 Å². The van der Waals surface area contributed by atoms with Crippen LogP contribution in [0.2, 0.25) is 0 Å². The molecule has 0 saturated carbocycles. The second-order valence-corrected chi connectivity index (χ2v) is 4.98. The molecular formula is C10H21N3O2S. The zero-order chi connectivity index (χ0) is 11.9. The summed E-state index contributed by atoms with van der Waals surface area (Å²) >= 11 is 1.79. The number of methoxy groups -OCH3 is 1. The Labute approximate surface area is 101 Å². The summed E-state index contributed by atoms with van der Waals surface area (Å²) in [4.78, 5) is 4.07. The van der Waals surface area contributed by atoms with E-state index in [-0.39, 0.29) is 0 Å². The number of thioether (sulfide) groups is 1. The molecule has 1 aliphatic rings. The van der Waals surface area contributed by atoms with E-state index in [1.54, 1.807) is 25.9 Å². The van der Waals surface area contributed by atoms with E-state index in [1.165, 1.54) is 0 Å². The average molecular weight is 247 g/mol. The first kappa shape index (κ1) is 13.6. The van der Waals surface area contributed by atoms with Crippen LogP contribution in [0.25, 0.3) is 0 Å². The number of nitrogens with zero attached hydrogens (tertiary/aromatic N) is 1. The van der Waals surface area contributed by atoms with E-state index < -0.39 is 5.60 Å². The van der Waals surface area contributed by atoms with Gasteiger partial charge in [0.05, 0.1) is 12.2 Å². The van der Waals surface area contributed by atoms with Gasteiger partial charge in [-0.15, -0.1) is 0 Å². The summed E-state index contributed by atoms with van der Waals surface area (Å²) in [5.74, 6) is 2.55. The molecule has 3 N–H and O–H groups in total. The molecule has 1 atom stereocenters. The Morgan fingerprint density at radius 1 is 1.56 bits per heavy atom. The van der Waals surface area contributed by atoms with Crippen LogP contribution in [0.3, 0.4) is 0 Å². The molecule has 0 spiro atoms. The van der Waals surface area contributed by atoms with Crippen molar-refractivity contribution in [2.75, 3.05) is 45.4 Å². The number of ether oxygens (including phenoxy) is 1. The molecule has 1 unspecified atom stereocenters. The number of hydrogen-bond acceptors (Lipinski definition) is 4. The molecule has 1 fully saturated rings. The highest BCUT2D eigenvalue weighted by molar-refractivity contribution is 7.99. The molecule has 0 bridgehead atoms. The fourth-order valence-electron chi connectivity index (χ4n) is 1.48. The molecule has 0 amide bonds. The van der Waals surface area contributed by atoms with Crippen molar-refractivity contribution in [3.05, 3.63) is 0 Å². The Morgan fingerprint density at radius 3 is 2.94 bits per heavy atom. The highest BCUT2D eigenvalue weighted by atomic mass is 32.2. The quantitative estimate of drug-likeness (QED) is 0.352. The van der Waals surface area contributed by atoms with Gasteiger partial charge < -0.3 is 20.5 Å². The first-order valence-corrected chi connectivity index (χ1v) is 6.59. The first-order chi connectivity index (χ1) is 7.70. The molecule has 1 saturated heterocycles. The van der Waals surface area contributed by atoms with Crippen LogP contribution in [-0.4, -0.2) is 62.0 Å². The highest BCUT2D eigenvalue weighted by Crippen LogP contribution is 2.26. The standard InChI is InChI=1S/C10H21N3O2S/c1-11-9(12-4-5-15-2)13-7-10(14)3-6-16-8-10/h14H,3-8H2,1-2H3,(H2,11,12,13). The van der Waals surface area contributed by atoms with Gasteiger partial charge in [-0.1, -0.05) is 0 Å². The summed E-state index contributed by atoms with van der Waals surface area (Å²) in [5.41, 5.74) is -0.580. The third kappa shape index (κ3) is 4.59. The van der Waals surface area contributed by atoms with Gasteiger partial charge in [-0.3, -0.25) is 4.99 Å². The van der Waals surface area contributed by atoms with E-state index in [0.717, 1.165) is 17.9 Å². The molecule has 0 aromatic heterocycles. The minimum absolute atomic E-state index is 0.548. The molecule has 1 aliphatic heterocycles. The lowest BCUT2D eigenvalue weighted by atomic mass is 10.0. The van der Waals surface area contributed by atoms with Gasteiger partial charge in [0, 0.05) is 33.0 Å². The average Bonchev–Trinajstić information content (AvgIpc) is 2.71. The van der Waals surface area contributed by atoms with Gasteiger partial charge in [0.1, 0.15) is 0 Å². The van der Waals surface area contributed by atoms with Gasteiger partial charge in [-0.25, -0.2) is 0 Å². The van der Waals surface area contributed by atoms with Crippen molar-refractivity contribution >= 4 is 17.7 Å². The minimum atomic E-state index is -0.580. The van der Waals surface area contributed by atoms with Crippen LogP contribution in [0.4, 0.5) is 0 Å². The zero-order valence-electron chi connectivity index (χ0n) is 9.95. The number of guanidine groups is 1. The SMILES string of the molecule is CN=C(NCCOC)NCC1(O)CCSC1. The largest absolute Gasteiger partial charge is 0.387 e. The third-order valence-corrected chi connectivity index (χ3v) is 3.72. The molecule has 0 aliphatic carbocycles. The van der Waals surface area contributed by atoms with Crippen LogP contribution in [0.15, 0.2) is 4.99 Å². The molecule has 1 heterocycles. The van der Waals surface area contributed by atoms with Gasteiger partial charge >= 0.3 is 0 Å². The van der Waals surface area contributed by atoms with E-state index in [0.29, 0.717) is 25.7 Å². The predicted octanol–water partition coefficient (Wildman–Crippen LogP) is -0.334. The second kappa shape index (κ2) is 6.98. The van der Waals surface area contributed by atoms with E-state index in [9.17, 15) is 5.11 Å². The van der Waals surface area contributed by atoms with Crippen LogP contribution in [-0.2, 0) is 4.74 Å². The van der Waals surface area contributed by atoms with Crippen molar-refractivity contribution in [1.82, 2.24) is 10.6 Å². The molecule has 0 aromatic rings. The van der Waals surface area contributed by atoms with E-state index in [2.05, 4.69) is 15.6 Å². The maximum absolute atomic E-state index is 10.1. The summed E-state index contributed by atoms with van der Waals surface area (Å²) in [6.07, 6.45) is 0.847. The highest BCUT2D eigenvalue weighted by Gasteiger charge is 2.31. The third-order valence-electron chi connectivity index (χ3n) is 2.49. The minimum Gasteiger partial charge on any atom is -0.387 e. The molecular weight excluding hydrogens is 226 g/mol.